The standard InChI is InChI=1S/C9H12NO/c1-7(11)9-5-3-2-4-8(9)6-10/h2-5,7,11H,1,6,10H2. The summed E-state index contributed by atoms with van der Waals surface area (Å²) in [6.45, 7) is 3.96. The zero-order chi connectivity index (χ0) is 8.27. The van der Waals surface area contributed by atoms with Gasteiger partial charge in [-0.25, -0.2) is 0 Å². The van der Waals surface area contributed by atoms with E-state index < -0.39 is 6.10 Å². The lowest BCUT2D eigenvalue weighted by atomic mass is 10.0. The van der Waals surface area contributed by atoms with Crippen molar-refractivity contribution in [3.8, 4) is 0 Å². The van der Waals surface area contributed by atoms with Crippen LogP contribution < -0.4 is 5.73 Å². The van der Waals surface area contributed by atoms with Crippen molar-refractivity contribution in [3.05, 3.63) is 42.3 Å². The lowest BCUT2D eigenvalue weighted by Crippen LogP contribution is -2.03. The highest BCUT2D eigenvalue weighted by atomic mass is 16.3. The number of hydrogen-bond acceptors (Lipinski definition) is 2. The second-order valence-electron chi connectivity index (χ2n) is 2.42. The highest BCUT2D eigenvalue weighted by Crippen LogP contribution is 2.15. The third-order valence-electron chi connectivity index (χ3n) is 1.63. The van der Waals surface area contributed by atoms with Gasteiger partial charge in [0.25, 0.3) is 0 Å². The van der Waals surface area contributed by atoms with Crippen molar-refractivity contribution in [2.24, 2.45) is 5.73 Å². The Balaban J connectivity index is 3.02. The number of aliphatic hydroxyl groups is 1. The summed E-state index contributed by atoms with van der Waals surface area (Å²) in [6.07, 6.45) is -0.672. The van der Waals surface area contributed by atoms with Gasteiger partial charge in [0.05, 0.1) is 6.10 Å². The van der Waals surface area contributed by atoms with Crippen LogP contribution in [0.15, 0.2) is 24.3 Å². The molecule has 1 unspecified atom stereocenters. The van der Waals surface area contributed by atoms with Gasteiger partial charge in [-0.1, -0.05) is 24.3 Å². The zero-order valence-corrected chi connectivity index (χ0v) is 6.33. The molecule has 59 valence electrons. The second-order valence-corrected chi connectivity index (χ2v) is 2.42. The van der Waals surface area contributed by atoms with Gasteiger partial charge >= 0.3 is 0 Å². The predicted octanol–water partition coefficient (Wildman–Crippen LogP) is 1.01. The van der Waals surface area contributed by atoms with Crippen LogP contribution in [0.2, 0.25) is 0 Å². The highest BCUT2D eigenvalue weighted by molar-refractivity contribution is 5.29. The zero-order valence-electron chi connectivity index (χ0n) is 6.33. The summed E-state index contributed by atoms with van der Waals surface area (Å²) in [5, 5.41) is 9.17. The van der Waals surface area contributed by atoms with Gasteiger partial charge in [-0.05, 0) is 18.1 Å². The molecule has 0 aliphatic rings. The quantitative estimate of drug-likeness (QED) is 0.661. The van der Waals surface area contributed by atoms with Crippen LogP contribution in [0, 0.1) is 6.92 Å². The molecule has 0 fully saturated rings. The van der Waals surface area contributed by atoms with E-state index in [1.165, 1.54) is 0 Å². The first-order valence-electron chi connectivity index (χ1n) is 3.54. The fourth-order valence-electron chi connectivity index (χ4n) is 1.05. The lowest BCUT2D eigenvalue weighted by molar-refractivity contribution is 0.225. The summed E-state index contributed by atoms with van der Waals surface area (Å²) in [4.78, 5) is 0. The molecule has 0 aliphatic carbocycles. The van der Waals surface area contributed by atoms with Gasteiger partial charge in [-0.15, -0.1) is 0 Å². The number of benzene rings is 1. The fourth-order valence-corrected chi connectivity index (χ4v) is 1.05. The smallest absolute Gasteiger partial charge is 0.0794 e. The van der Waals surface area contributed by atoms with Crippen molar-refractivity contribution in [3.63, 3.8) is 0 Å². The highest BCUT2D eigenvalue weighted by Gasteiger charge is 2.04. The maximum Gasteiger partial charge on any atom is 0.0794 e. The summed E-state index contributed by atoms with van der Waals surface area (Å²) < 4.78 is 0. The van der Waals surface area contributed by atoms with Crippen molar-refractivity contribution in [2.45, 2.75) is 12.6 Å². The molecule has 1 atom stereocenters. The average Bonchev–Trinajstić information content (AvgIpc) is 2.04. The first kappa shape index (κ1) is 8.24. The molecule has 0 heterocycles. The van der Waals surface area contributed by atoms with E-state index >= 15 is 0 Å². The maximum atomic E-state index is 9.17. The van der Waals surface area contributed by atoms with E-state index in [-0.39, 0.29) is 0 Å². The minimum atomic E-state index is -0.672. The minimum absolute atomic E-state index is 0.447. The molecule has 1 aromatic carbocycles. The summed E-state index contributed by atoms with van der Waals surface area (Å²) >= 11 is 0. The number of rotatable bonds is 2. The summed E-state index contributed by atoms with van der Waals surface area (Å²) in [7, 11) is 0. The van der Waals surface area contributed by atoms with Gasteiger partial charge in [0.15, 0.2) is 0 Å². The van der Waals surface area contributed by atoms with E-state index in [2.05, 4.69) is 6.92 Å². The predicted molar refractivity (Wildman–Crippen MR) is 44.7 cm³/mol. The molecule has 0 amide bonds. The normalized spacial score (nSPS) is 13.0. The Labute approximate surface area is 66.7 Å². The van der Waals surface area contributed by atoms with Gasteiger partial charge < -0.3 is 10.8 Å². The second kappa shape index (κ2) is 3.51. The first-order chi connectivity index (χ1) is 5.25. The van der Waals surface area contributed by atoms with Crippen molar-refractivity contribution in [1.29, 1.82) is 0 Å². The molecular weight excluding hydrogens is 138 g/mol. The van der Waals surface area contributed by atoms with Gasteiger partial charge in [0, 0.05) is 6.54 Å². The topological polar surface area (TPSA) is 46.2 Å². The van der Waals surface area contributed by atoms with Crippen LogP contribution in [0.25, 0.3) is 0 Å². The van der Waals surface area contributed by atoms with E-state index in [0.717, 1.165) is 11.1 Å². The summed E-state index contributed by atoms with van der Waals surface area (Å²) in [5.74, 6) is 0. The maximum absolute atomic E-state index is 9.17. The third kappa shape index (κ3) is 1.79. The van der Waals surface area contributed by atoms with Gasteiger partial charge in [0.2, 0.25) is 0 Å². The monoisotopic (exact) mass is 150 g/mol. The Morgan fingerprint density at radius 1 is 1.45 bits per heavy atom. The largest absolute Gasteiger partial charge is 0.388 e. The van der Waals surface area contributed by atoms with E-state index in [1.807, 2.05) is 24.3 Å². The van der Waals surface area contributed by atoms with Gasteiger partial charge in [-0.3, -0.25) is 0 Å². The molecule has 0 saturated carbocycles. The number of nitrogens with two attached hydrogens (primary N) is 1. The van der Waals surface area contributed by atoms with E-state index in [0.29, 0.717) is 6.54 Å². The molecular formula is C9H12NO. The molecule has 0 aromatic heterocycles. The fraction of sp³-hybridized carbons (Fsp3) is 0.222. The molecule has 0 bridgehead atoms. The Bertz CT molecular complexity index is 233. The first-order valence-corrected chi connectivity index (χ1v) is 3.54. The SMILES string of the molecule is [CH2]C(O)c1ccccc1CN. The number of hydrogen-bond donors (Lipinski definition) is 2. The Hall–Kier alpha value is -0.860. The van der Waals surface area contributed by atoms with Crippen LogP contribution in [0.3, 0.4) is 0 Å². The van der Waals surface area contributed by atoms with Crippen LogP contribution in [0.5, 0.6) is 0 Å². The molecule has 2 heteroatoms. The summed E-state index contributed by atoms with van der Waals surface area (Å²) in [5.41, 5.74) is 7.22. The van der Waals surface area contributed by atoms with Crippen LogP contribution in [-0.2, 0) is 6.54 Å². The van der Waals surface area contributed by atoms with Crippen molar-refractivity contribution >= 4 is 0 Å². The molecule has 1 radical (unpaired) electrons. The molecule has 2 nitrogen and oxygen atoms in total. The van der Waals surface area contributed by atoms with Crippen LogP contribution >= 0.6 is 0 Å². The number of aliphatic hydroxyl groups excluding tert-OH is 1. The van der Waals surface area contributed by atoms with E-state index in [1.54, 1.807) is 0 Å². The van der Waals surface area contributed by atoms with E-state index in [9.17, 15) is 0 Å². The molecule has 3 N–H and O–H groups in total. The van der Waals surface area contributed by atoms with Crippen LogP contribution in [0.4, 0.5) is 0 Å². The van der Waals surface area contributed by atoms with Gasteiger partial charge in [-0.2, -0.15) is 0 Å². The van der Waals surface area contributed by atoms with Crippen LogP contribution in [-0.4, -0.2) is 5.11 Å². The molecule has 0 aliphatic heterocycles. The third-order valence-corrected chi connectivity index (χ3v) is 1.63. The van der Waals surface area contributed by atoms with Crippen molar-refractivity contribution in [1.82, 2.24) is 0 Å². The van der Waals surface area contributed by atoms with Crippen molar-refractivity contribution in [2.75, 3.05) is 0 Å². The molecule has 0 spiro atoms. The van der Waals surface area contributed by atoms with E-state index in [4.69, 9.17) is 10.8 Å². The van der Waals surface area contributed by atoms with Gasteiger partial charge in [0.1, 0.15) is 0 Å². The molecule has 0 saturated heterocycles. The Kier molecular flexibility index (Phi) is 2.63. The average molecular weight is 150 g/mol. The minimum Gasteiger partial charge on any atom is -0.388 e. The lowest BCUT2D eigenvalue weighted by Gasteiger charge is -2.08. The van der Waals surface area contributed by atoms with Crippen molar-refractivity contribution < 1.29 is 5.11 Å². The molecule has 1 rings (SSSR count). The molecule has 11 heavy (non-hydrogen) atoms. The Morgan fingerprint density at radius 3 is 2.55 bits per heavy atom. The molecule has 1 aromatic rings. The van der Waals surface area contributed by atoms with Crippen LogP contribution in [0.1, 0.15) is 17.2 Å². The Morgan fingerprint density at radius 2 is 2.09 bits per heavy atom. The summed E-state index contributed by atoms with van der Waals surface area (Å²) in [6, 6.07) is 7.49.